The van der Waals surface area contributed by atoms with Crippen LogP contribution in [0.2, 0.25) is 0 Å². The summed E-state index contributed by atoms with van der Waals surface area (Å²) in [5.74, 6) is 5.98. The number of nitrogens with zero attached hydrogens (tertiary/aromatic N) is 3. The number of aryl methyl sites for hydroxylation is 2. The number of nitrogens with one attached hydrogen (secondary N) is 1. The molecule has 0 radical (unpaired) electrons. The number of nitrogens with two attached hydrogens (primary N) is 1. The van der Waals surface area contributed by atoms with E-state index in [1.807, 2.05) is 31.2 Å². The maximum absolute atomic E-state index is 13.3. The van der Waals surface area contributed by atoms with Crippen LogP contribution in [0.3, 0.4) is 0 Å². The van der Waals surface area contributed by atoms with Crippen molar-refractivity contribution in [2.45, 2.75) is 19.0 Å². The summed E-state index contributed by atoms with van der Waals surface area (Å²) >= 11 is 1.16. The van der Waals surface area contributed by atoms with Crippen LogP contribution in [0.5, 0.6) is 0 Å². The molecule has 1 aromatic heterocycles. The molecule has 0 saturated heterocycles. The van der Waals surface area contributed by atoms with E-state index in [2.05, 4.69) is 15.5 Å². The van der Waals surface area contributed by atoms with Gasteiger partial charge in [0, 0.05) is 11.3 Å². The van der Waals surface area contributed by atoms with Crippen LogP contribution in [0.25, 0.3) is 11.4 Å². The van der Waals surface area contributed by atoms with E-state index in [0.717, 1.165) is 28.5 Å². The highest BCUT2D eigenvalue weighted by Gasteiger charge is 2.14. The van der Waals surface area contributed by atoms with Crippen molar-refractivity contribution in [1.29, 1.82) is 0 Å². The first-order valence-corrected chi connectivity index (χ1v) is 8.89. The Labute approximate surface area is 154 Å². The lowest BCUT2D eigenvalue weighted by molar-refractivity contribution is -0.113. The van der Waals surface area contributed by atoms with Crippen LogP contribution >= 0.6 is 11.8 Å². The van der Waals surface area contributed by atoms with E-state index in [1.54, 1.807) is 13.0 Å². The molecule has 1 heterocycles. The second-order valence-electron chi connectivity index (χ2n) is 5.84. The minimum Gasteiger partial charge on any atom is -0.335 e. The molecule has 2 aromatic carbocycles. The smallest absolute Gasteiger partial charge is 0.234 e. The highest BCUT2D eigenvalue weighted by Crippen LogP contribution is 2.22. The maximum atomic E-state index is 13.3. The minimum atomic E-state index is -0.400. The lowest BCUT2D eigenvalue weighted by atomic mass is 10.1. The Balaban J connectivity index is 1.65. The number of thioether (sulfide) groups is 1. The Bertz CT molecular complexity index is 939. The summed E-state index contributed by atoms with van der Waals surface area (Å²) < 4.78 is 14.7. The molecule has 8 heteroatoms. The first kappa shape index (κ1) is 17.9. The highest BCUT2D eigenvalue weighted by molar-refractivity contribution is 7.99. The molecule has 0 atom stereocenters. The normalized spacial score (nSPS) is 10.7. The van der Waals surface area contributed by atoms with Gasteiger partial charge < -0.3 is 11.2 Å². The van der Waals surface area contributed by atoms with Crippen molar-refractivity contribution in [3.63, 3.8) is 0 Å². The lowest BCUT2D eigenvalue weighted by Gasteiger charge is -2.08. The van der Waals surface area contributed by atoms with Crippen molar-refractivity contribution < 1.29 is 9.18 Å². The van der Waals surface area contributed by atoms with Gasteiger partial charge in [0.05, 0.1) is 5.75 Å². The van der Waals surface area contributed by atoms with Crippen LogP contribution in [-0.4, -0.2) is 26.5 Å². The molecule has 0 spiro atoms. The van der Waals surface area contributed by atoms with Gasteiger partial charge in [0.15, 0.2) is 5.82 Å². The van der Waals surface area contributed by atoms with E-state index < -0.39 is 5.82 Å². The number of rotatable bonds is 5. The molecule has 134 valence electrons. The van der Waals surface area contributed by atoms with Crippen molar-refractivity contribution in [2.24, 2.45) is 0 Å². The summed E-state index contributed by atoms with van der Waals surface area (Å²) in [5.41, 5.74) is 3.21. The van der Waals surface area contributed by atoms with Gasteiger partial charge in [-0.3, -0.25) is 4.79 Å². The zero-order chi connectivity index (χ0) is 18.7. The van der Waals surface area contributed by atoms with Crippen molar-refractivity contribution in [3.8, 4) is 11.4 Å². The lowest BCUT2D eigenvalue weighted by Crippen LogP contribution is -2.17. The van der Waals surface area contributed by atoms with Crippen LogP contribution in [0.15, 0.2) is 47.6 Å². The molecule has 3 aromatic rings. The van der Waals surface area contributed by atoms with Gasteiger partial charge >= 0.3 is 0 Å². The molecule has 6 nitrogen and oxygen atoms in total. The summed E-state index contributed by atoms with van der Waals surface area (Å²) in [6.45, 7) is 3.80. The molecule has 26 heavy (non-hydrogen) atoms. The number of nitrogen functional groups attached to an aromatic ring is 1. The Kier molecular flexibility index (Phi) is 5.22. The fourth-order valence-corrected chi connectivity index (χ4v) is 2.98. The van der Waals surface area contributed by atoms with Crippen molar-refractivity contribution in [2.75, 3.05) is 16.9 Å². The Morgan fingerprint density at radius 1 is 1.19 bits per heavy atom. The third-order valence-corrected chi connectivity index (χ3v) is 4.72. The van der Waals surface area contributed by atoms with Gasteiger partial charge in [-0.25, -0.2) is 9.07 Å². The monoisotopic (exact) mass is 371 g/mol. The van der Waals surface area contributed by atoms with E-state index in [-0.39, 0.29) is 11.7 Å². The van der Waals surface area contributed by atoms with Crippen LogP contribution in [0.1, 0.15) is 11.1 Å². The van der Waals surface area contributed by atoms with Crippen molar-refractivity contribution >= 4 is 23.4 Å². The fourth-order valence-electron chi connectivity index (χ4n) is 2.32. The second kappa shape index (κ2) is 7.57. The largest absolute Gasteiger partial charge is 0.335 e. The van der Waals surface area contributed by atoms with E-state index in [0.29, 0.717) is 16.7 Å². The Hall–Kier alpha value is -2.87. The zero-order valence-corrected chi connectivity index (χ0v) is 15.2. The number of carbonyl (C=O) groups excluding carboxylic acids is 1. The molecule has 1 amide bonds. The molecule has 0 aliphatic rings. The summed E-state index contributed by atoms with van der Waals surface area (Å²) in [6.07, 6.45) is 0. The van der Waals surface area contributed by atoms with Crippen LogP contribution in [0.4, 0.5) is 10.1 Å². The SMILES string of the molecule is Cc1ccc(-c2nnc(SCC(=O)Nc3cc(F)ccc3C)n2N)cc1. The number of aromatic nitrogens is 3. The molecular formula is C18H18FN5OS. The Morgan fingerprint density at radius 2 is 1.92 bits per heavy atom. The van der Waals surface area contributed by atoms with Gasteiger partial charge in [-0.2, -0.15) is 0 Å². The molecule has 0 fully saturated rings. The molecular weight excluding hydrogens is 353 g/mol. The van der Waals surface area contributed by atoms with Gasteiger partial charge in [0.25, 0.3) is 0 Å². The Morgan fingerprint density at radius 3 is 2.65 bits per heavy atom. The van der Waals surface area contributed by atoms with Gasteiger partial charge in [-0.15, -0.1) is 10.2 Å². The fraction of sp³-hybridized carbons (Fsp3) is 0.167. The second-order valence-corrected chi connectivity index (χ2v) is 6.78. The third-order valence-electron chi connectivity index (χ3n) is 3.78. The number of hydrogen-bond donors (Lipinski definition) is 2. The minimum absolute atomic E-state index is 0.0825. The summed E-state index contributed by atoms with van der Waals surface area (Å²) in [6, 6.07) is 12.0. The average molecular weight is 371 g/mol. The number of carbonyl (C=O) groups is 1. The van der Waals surface area contributed by atoms with Crippen LogP contribution in [0, 0.1) is 19.7 Å². The van der Waals surface area contributed by atoms with Gasteiger partial charge in [0.2, 0.25) is 11.1 Å². The maximum Gasteiger partial charge on any atom is 0.234 e. The summed E-state index contributed by atoms with van der Waals surface area (Å²) in [4.78, 5) is 12.1. The van der Waals surface area contributed by atoms with Crippen molar-refractivity contribution in [3.05, 3.63) is 59.4 Å². The first-order chi connectivity index (χ1) is 12.4. The van der Waals surface area contributed by atoms with Gasteiger partial charge in [-0.05, 0) is 31.5 Å². The quantitative estimate of drug-likeness (QED) is 0.532. The van der Waals surface area contributed by atoms with E-state index >= 15 is 0 Å². The summed E-state index contributed by atoms with van der Waals surface area (Å²) in [7, 11) is 0. The molecule has 0 aliphatic carbocycles. The van der Waals surface area contributed by atoms with E-state index in [4.69, 9.17) is 5.84 Å². The molecule has 3 rings (SSSR count). The predicted octanol–water partition coefficient (Wildman–Crippen LogP) is 3.15. The number of halogens is 1. The number of benzene rings is 2. The van der Waals surface area contributed by atoms with E-state index in [9.17, 15) is 9.18 Å². The molecule has 3 N–H and O–H groups in total. The molecule has 0 unspecified atom stereocenters. The van der Waals surface area contributed by atoms with Crippen LogP contribution < -0.4 is 11.2 Å². The third kappa shape index (κ3) is 4.02. The standard InChI is InChI=1S/C18H18FN5OS/c1-11-3-6-13(7-4-11)17-22-23-18(24(17)20)26-10-16(25)21-15-9-14(19)8-5-12(15)2/h3-9H,10,20H2,1-2H3,(H,21,25). The predicted molar refractivity (Wildman–Crippen MR) is 101 cm³/mol. The van der Waals surface area contributed by atoms with Gasteiger partial charge in [0.1, 0.15) is 5.82 Å². The molecule has 0 saturated carbocycles. The van der Waals surface area contributed by atoms with Crippen LogP contribution in [-0.2, 0) is 4.79 Å². The average Bonchev–Trinajstić information content (AvgIpc) is 2.98. The number of amides is 1. The topological polar surface area (TPSA) is 85.8 Å². The van der Waals surface area contributed by atoms with Gasteiger partial charge in [-0.1, -0.05) is 47.7 Å². The highest BCUT2D eigenvalue weighted by atomic mass is 32.2. The van der Waals surface area contributed by atoms with E-state index in [1.165, 1.54) is 16.8 Å². The number of hydrogen-bond acceptors (Lipinski definition) is 5. The summed E-state index contributed by atoms with van der Waals surface area (Å²) in [5, 5.41) is 11.2. The zero-order valence-electron chi connectivity index (χ0n) is 14.4. The first-order valence-electron chi connectivity index (χ1n) is 7.90. The number of anilines is 1. The van der Waals surface area contributed by atoms with Crippen molar-refractivity contribution in [1.82, 2.24) is 14.9 Å². The molecule has 0 aliphatic heterocycles. The molecule has 0 bridgehead atoms.